The van der Waals surface area contributed by atoms with Gasteiger partial charge in [0.05, 0.1) is 23.1 Å². The average Bonchev–Trinajstić information content (AvgIpc) is 2.87. The van der Waals surface area contributed by atoms with E-state index in [-0.39, 0.29) is 5.91 Å². The molecule has 2 heterocycles. The number of aryl methyl sites for hydroxylation is 1. The van der Waals surface area contributed by atoms with Gasteiger partial charge in [-0.1, -0.05) is 29.5 Å². The van der Waals surface area contributed by atoms with Crippen molar-refractivity contribution >= 4 is 39.0 Å². The smallest absolute Gasteiger partial charge is 0.263 e. The Morgan fingerprint density at radius 1 is 1.29 bits per heavy atom. The molecule has 5 nitrogen and oxygen atoms in total. The molecule has 2 aromatic heterocycles. The van der Waals surface area contributed by atoms with Gasteiger partial charge in [0.25, 0.3) is 5.91 Å². The maximum absolute atomic E-state index is 11.7. The van der Waals surface area contributed by atoms with Crippen LogP contribution < -0.4 is 10.6 Å². The highest BCUT2D eigenvalue weighted by Gasteiger charge is 2.14. The highest BCUT2D eigenvalue weighted by atomic mass is 32.1. The molecule has 0 spiro atoms. The van der Waals surface area contributed by atoms with E-state index in [1.807, 2.05) is 37.3 Å². The van der Waals surface area contributed by atoms with Crippen molar-refractivity contribution in [2.45, 2.75) is 6.92 Å². The summed E-state index contributed by atoms with van der Waals surface area (Å²) in [5.41, 5.74) is 2.52. The van der Waals surface area contributed by atoms with E-state index < -0.39 is 0 Å². The van der Waals surface area contributed by atoms with Crippen LogP contribution in [-0.4, -0.2) is 22.9 Å². The van der Waals surface area contributed by atoms with E-state index in [9.17, 15) is 4.79 Å². The average molecular weight is 298 g/mol. The van der Waals surface area contributed by atoms with E-state index in [0.29, 0.717) is 10.0 Å². The minimum absolute atomic E-state index is 0.116. The lowest BCUT2D eigenvalue weighted by molar-refractivity contribution is 0.0966. The van der Waals surface area contributed by atoms with Crippen molar-refractivity contribution in [1.82, 2.24) is 15.3 Å². The maximum Gasteiger partial charge on any atom is 0.263 e. The second-order valence-corrected chi connectivity index (χ2v) is 5.55. The number of benzene rings is 1. The highest BCUT2D eigenvalue weighted by molar-refractivity contribution is 7.17. The third-order valence-electron chi connectivity index (χ3n) is 3.07. The molecule has 0 saturated carbocycles. The number of nitrogens with one attached hydrogen (secondary N) is 2. The first kappa shape index (κ1) is 13.5. The van der Waals surface area contributed by atoms with E-state index in [1.165, 1.54) is 11.3 Å². The number of carbonyl (C=O) groups excluding carboxylic acids is 1. The fourth-order valence-electron chi connectivity index (χ4n) is 2.04. The number of fused-ring (bicyclic) bond motifs is 1. The quantitative estimate of drug-likeness (QED) is 0.779. The Bertz CT molecular complexity index is 812. The summed E-state index contributed by atoms with van der Waals surface area (Å²) in [6.07, 6.45) is 1.76. The first-order valence-electron chi connectivity index (χ1n) is 6.48. The molecule has 0 unspecified atom stereocenters. The molecule has 21 heavy (non-hydrogen) atoms. The number of hydrogen-bond donors (Lipinski definition) is 2. The monoisotopic (exact) mass is 298 g/mol. The molecule has 0 aliphatic carbocycles. The standard InChI is InChI=1S/C15H14N4OS/c1-9-13(14(20)16-2)21-15(18-9)19-11-7-10-5-3-4-6-12(10)17-8-11/h3-8H,1-2H3,(H,16,20)(H,18,19). The van der Waals surface area contributed by atoms with Crippen LogP contribution >= 0.6 is 11.3 Å². The summed E-state index contributed by atoms with van der Waals surface area (Å²) >= 11 is 1.33. The summed E-state index contributed by atoms with van der Waals surface area (Å²) in [4.78, 5) is 21.1. The number of carbonyl (C=O) groups is 1. The number of rotatable bonds is 3. The van der Waals surface area contributed by atoms with Crippen molar-refractivity contribution in [2.75, 3.05) is 12.4 Å². The van der Waals surface area contributed by atoms with Crippen molar-refractivity contribution in [1.29, 1.82) is 0 Å². The zero-order valence-corrected chi connectivity index (χ0v) is 12.5. The van der Waals surface area contributed by atoms with Crippen LogP contribution in [0.2, 0.25) is 0 Å². The second-order valence-electron chi connectivity index (χ2n) is 4.55. The summed E-state index contributed by atoms with van der Waals surface area (Å²) < 4.78 is 0. The van der Waals surface area contributed by atoms with Gasteiger partial charge in [0.15, 0.2) is 5.13 Å². The Morgan fingerprint density at radius 2 is 2.10 bits per heavy atom. The van der Waals surface area contributed by atoms with Crippen molar-refractivity contribution < 1.29 is 4.79 Å². The van der Waals surface area contributed by atoms with E-state index in [1.54, 1.807) is 13.2 Å². The number of hydrogen-bond acceptors (Lipinski definition) is 5. The molecule has 3 aromatic rings. The molecule has 6 heteroatoms. The molecule has 0 fully saturated rings. The number of nitrogens with zero attached hydrogens (tertiary/aromatic N) is 2. The number of thiazole rings is 1. The molecule has 1 amide bonds. The molecule has 106 valence electrons. The van der Waals surface area contributed by atoms with E-state index in [4.69, 9.17) is 0 Å². The maximum atomic E-state index is 11.7. The summed E-state index contributed by atoms with van der Waals surface area (Å²) in [6.45, 7) is 1.82. The lowest BCUT2D eigenvalue weighted by Crippen LogP contribution is -2.17. The van der Waals surface area contributed by atoms with Crippen LogP contribution in [0.3, 0.4) is 0 Å². The van der Waals surface area contributed by atoms with Gasteiger partial charge in [-0.3, -0.25) is 9.78 Å². The van der Waals surface area contributed by atoms with Gasteiger partial charge in [-0.2, -0.15) is 0 Å². The second kappa shape index (κ2) is 5.49. The van der Waals surface area contributed by atoms with Crippen molar-refractivity contribution in [3.63, 3.8) is 0 Å². The summed E-state index contributed by atoms with van der Waals surface area (Å²) in [7, 11) is 1.61. The van der Waals surface area contributed by atoms with E-state index in [2.05, 4.69) is 20.6 Å². The Morgan fingerprint density at radius 3 is 2.90 bits per heavy atom. The normalized spacial score (nSPS) is 10.6. The Kier molecular flexibility index (Phi) is 3.53. The van der Waals surface area contributed by atoms with Gasteiger partial charge in [-0.15, -0.1) is 0 Å². The molecule has 0 aliphatic heterocycles. The molecule has 2 N–H and O–H groups in total. The molecule has 3 rings (SSSR count). The number of pyridine rings is 1. The topological polar surface area (TPSA) is 66.9 Å². The fourth-order valence-corrected chi connectivity index (χ4v) is 2.97. The van der Waals surface area contributed by atoms with E-state index >= 15 is 0 Å². The summed E-state index contributed by atoms with van der Waals surface area (Å²) in [5, 5.41) is 7.56. The van der Waals surface area contributed by atoms with Crippen LogP contribution in [0.4, 0.5) is 10.8 Å². The van der Waals surface area contributed by atoms with Crippen molar-refractivity contribution in [3.05, 3.63) is 47.1 Å². The molecule has 1 aromatic carbocycles. The van der Waals surface area contributed by atoms with Gasteiger partial charge in [0, 0.05) is 12.4 Å². The van der Waals surface area contributed by atoms with Crippen LogP contribution in [0, 0.1) is 6.92 Å². The largest absolute Gasteiger partial charge is 0.354 e. The first-order valence-corrected chi connectivity index (χ1v) is 7.30. The lowest BCUT2D eigenvalue weighted by atomic mass is 10.2. The zero-order valence-electron chi connectivity index (χ0n) is 11.7. The van der Waals surface area contributed by atoms with Gasteiger partial charge < -0.3 is 10.6 Å². The van der Waals surface area contributed by atoms with Crippen molar-refractivity contribution in [2.24, 2.45) is 0 Å². The predicted octanol–water partition coefficient (Wildman–Crippen LogP) is 3.10. The van der Waals surface area contributed by atoms with Crippen LogP contribution in [-0.2, 0) is 0 Å². The number of anilines is 2. The van der Waals surface area contributed by atoms with Crippen LogP contribution in [0.5, 0.6) is 0 Å². The SMILES string of the molecule is CNC(=O)c1sc(Nc2cnc3ccccc3c2)nc1C. The van der Waals surface area contributed by atoms with Crippen molar-refractivity contribution in [3.8, 4) is 0 Å². The van der Waals surface area contributed by atoms with Gasteiger partial charge >= 0.3 is 0 Å². The third-order valence-corrected chi connectivity index (χ3v) is 4.14. The summed E-state index contributed by atoms with van der Waals surface area (Å²) in [5.74, 6) is -0.116. The number of para-hydroxylation sites is 1. The Balaban J connectivity index is 1.89. The van der Waals surface area contributed by atoms with Gasteiger partial charge in [0.2, 0.25) is 0 Å². The molecule has 0 aliphatic rings. The number of aromatic nitrogens is 2. The van der Waals surface area contributed by atoms with Crippen LogP contribution in [0.25, 0.3) is 10.9 Å². The first-order chi connectivity index (χ1) is 10.2. The highest BCUT2D eigenvalue weighted by Crippen LogP contribution is 2.26. The van der Waals surface area contributed by atoms with Gasteiger partial charge in [0.1, 0.15) is 4.88 Å². The predicted molar refractivity (Wildman–Crippen MR) is 85.3 cm³/mol. The minimum atomic E-state index is -0.116. The molecule has 0 atom stereocenters. The van der Waals surface area contributed by atoms with Crippen LogP contribution in [0.15, 0.2) is 36.5 Å². The number of amides is 1. The molecular weight excluding hydrogens is 284 g/mol. The molecule has 0 bridgehead atoms. The fraction of sp³-hybridized carbons (Fsp3) is 0.133. The third kappa shape index (κ3) is 2.71. The Labute approximate surface area is 126 Å². The molecular formula is C15H14N4OS. The lowest BCUT2D eigenvalue weighted by Gasteiger charge is -2.03. The Hall–Kier alpha value is -2.47. The van der Waals surface area contributed by atoms with E-state index in [0.717, 1.165) is 22.3 Å². The minimum Gasteiger partial charge on any atom is -0.354 e. The van der Waals surface area contributed by atoms with Crippen LogP contribution in [0.1, 0.15) is 15.4 Å². The van der Waals surface area contributed by atoms with Gasteiger partial charge in [-0.05, 0) is 19.1 Å². The molecule has 0 radical (unpaired) electrons. The summed E-state index contributed by atoms with van der Waals surface area (Å²) in [6, 6.07) is 9.93. The van der Waals surface area contributed by atoms with Gasteiger partial charge in [-0.25, -0.2) is 4.98 Å². The molecule has 0 saturated heterocycles. The zero-order chi connectivity index (χ0) is 14.8.